The Labute approximate surface area is 169 Å². The van der Waals surface area contributed by atoms with Gasteiger partial charge in [0.15, 0.2) is 5.78 Å². The van der Waals surface area contributed by atoms with Crippen molar-refractivity contribution in [1.82, 2.24) is 9.97 Å². The molecule has 0 fully saturated rings. The summed E-state index contributed by atoms with van der Waals surface area (Å²) in [4.78, 5) is 33.0. The Kier molecular flexibility index (Phi) is 5.13. The summed E-state index contributed by atoms with van der Waals surface area (Å²) in [5.41, 5.74) is 1.55. The van der Waals surface area contributed by atoms with Crippen molar-refractivity contribution in [3.8, 4) is 0 Å². The predicted molar refractivity (Wildman–Crippen MR) is 108 cm³/mol. The molecule has 0 bridgehead atoms. The fourth-order valence-electron chi connectivity index (χ4n) is 2.91. The molecule has 148 valence electrons. The Balaban J connectivity index is 1.55. The third-order valence-corrected chi connectivity index (χ3v) is 4.29. The molecule has 0 spiro atoms. The van der Waals surface area contributed by atoms with E-state index in [1.165, 1.54) is 36.7 Å². The highest BCUT2D eigenvalue weighted by Gasteiger charge is 2.14. The van der Waals surface area contributed by atoms with E-state index in [0.717, 1.165) is 12.1 Å². The van der Waals surface area contributed by atoms with Crippen LogP contribution in [0.1, 0.15) is 15.9 Å². The number of hydrogen-bond donors (Lipinski definition) is 2. The minimum absolute atomic E-state index is 0.0725. The first-order valence-electron chi connectivity index (χ1n) is 8.86. The highest BCUT2D eigenvalue weighted by molar-refractivity contribution is 6.11. The second kappa shape index (κ2) is 8.04. The molecule has 0 atom stereocenters. The van der Waals surface area contributed by atoms with Crippen LogP contribution in [0, 0.1) is 11.6 Å². The third kappa shape index (κ3) is 4.27. The highest BCUT2D eigenvalue weighted by Crippen LogP contribution is 2.20. The number of hydrogen-bond acceptors (Lipinski definition) is 4. The van der Waals surface area contributed by atoms with Gasteiger partial charge in [0.1, 0.15) is 18.0 Å². The first-order valence-corrected chi connectivity index (χ1v) is 8.86. The van der Waals surface area contributed by atoms with Crippen molar-refractivity contribution in [2.75, 3.05) is 10.6 Å². The van der Waals surface area contributed by atoms with E-state index in [2.05, 4.69) is 20.6 Å². The number of carbonyl (C=O) groups is 2. The Morgan fingerprint density at radius 1 is 0.767 bits per heavy atom. The maximum atomic E-state index is 14.1. The van der Waals surface area contributed by atoms with E-state index in [1.807, 2.05) is 0 Å². The normalized spacial score (nSPS) is 10.6. The first-order chi connectivity index (χ1) is 14.5. The molecule has 2 N–H and O–H groups in total. The van der Waals surface area contributed by atoms with Gasteiger partial charge in [-0.25, -0.2) is 23.5 Å². The summed E-state index contributed by atoms with van der Waals surface area (Å²) in [5.74, 6) is -1.53. The summed E-state index contributed by atoms with van der Waals surface area (Å²) < 4.78 is 27.0. The number of fused-ring (bicyclic) bond motifs is 1. The van der Waals surface area contributed by atoms with Crippen LogP contribution in [0.5, 0.6) is 0 Å². The predicted octanol–water partition coefficient (Wildman–Crippen LogP) is 4.78. The lowest BCUT2D eigenvalue weighted by Gasteiger charge is -2.10. The number of aromatic nitrogens is 2. The summed E-state index contributed by atoms with van der Waals surface area (Å²) in [5, 5.41) is 5.64. The van der Waals surface area contributed by atoms with Gasteiger partial charge in [-0.3, -0.25) is 4.79 Å². The van der Waals surface area contributed by atoms with Gasteiger partial charge < -0.3 is 10.6 Å². The molecule has 1 aromatic heterocycles. The van der Waals surface area contributed by atoms with Crippen LogP contribution in [-0.2, 0) is 0 Å². The molecule has 0 unspecified atom stereocenters. The van der Waals surface area contributed by atoms with Gasteiger partial charge in [-0.1, -0.05) is 0 Å². The second-order valence-corrected chi connectivity index (χ2v) is 6.44. The number of rotatable bonds is 4. The summed E-state index contributed by atoms with van der Waals surface area (Å²) in [6, 6.07) is 13.0. The van der Waals surface area contributed by atoms with E-state index in [-0.39, 0.29) is 11.3 Å². The van der Waals surface area contributed by atoms with Gasteiger partial charge in [0.25, 0.3) is 0 Å². The number of ketones is 1. The number of anilines is 2. The zero-order valence-corrected chi connectivity index (χ0v) is 15.4. The van der Waals surface area contributed by atoms with Crippen LogP contribution >= 0.6 is 0 Å². The van der Waals surface area contributed by atoms with Crippen LogP contribution in [0.4, 0.5) is 25.0 Å². The summed E-state index contributed by atoms with van der Waals surface area (Å²) in [6.07, 6.45) is 2.99. The topological polar surface area (TPSA) is 84.0 Å². The van der Waals surface area contributed by atoms with Gasteiger partial charge >= 0.3 is 6.03 Å². The SMILES string of the molecule is O=C(Nc1ccc(F)cc1)Nc1cc(F)cc(C(=O)c2ccc3ncncc3c2)c1. The van der Waals surface area contributed by atoms with Gasteiger partial charge in [-0.05, 0) is 60.7 Å². The van der Waals surface area contributed by atoms with Crippen LogP contribution < -0.4 is 10.6 Å². The van der Waals surface area contributed by atoms with E-state index in [1.54, 1.807) is 24.4 Å². The molecular weight excluding hydrogens is 390 g/mol. The Bertz CT molecular complexity index is 1260. The van der Waals surface area contributed by atoms with Crippen LogP contribution in [0.25, 0.3) is 10.9 Å². The number of benzene rings is 3. The lowest BCUT2D eigenvalue weighted by atomic mass is 10.0. The molecule has 0 radical (unpaired) electrons. The fraction of sp³-hybridized carbons (Fsp3) is 0. The van der Waals surface area contributed by atoms with Gasteiger partial charge in [0.05, 0.1) is 5.52 Å². The zero-order chi connectivity index (χ0) is 21.1. The number of urea groups is 1. The molecule has 30 heavy (non-hydrogen) atoms. The van der Waals surface area contributed by atoms with E-state index in [0.29, 0.717) is 22.2 Å². The maximum Gasteiger partial charge on any atom is 0.323 e. The monoisotopic (exact) mass is 404 g/mol. The van der Waals surface area contributed by atoms with E-state index < -0.39 is 23.4 Å². The van der Waals surface area contributed by atoms with Gasteiger partial charge in [-0.15, -0.1) is 0 Å². The van der Waals surface area contributed by atoms with Crippen LogP contribution in [0.15, 0.2) is 73.2 Å². The van der Waals surface area contributed by atoms with Crippen molar-refractivity contribution in [2.24, 2.45) is 0 Å². The summed E-state index contributed by atoms with van der Waals surface area (Å²) in [6.45, 7) is 0. The van der Waals surface area contributed by atoms with Crippen molar-refractivity contribution in [2.45, 2.75) is 0 Å². The smallest absolute Gasteiger partial charge is 0.308 e. The largest absolute Gasteiger partial charge is 0.323 e. The molecule has 2 amide bonds. The van der Waals surface area contributed by atoms with Crippen molar-refractivity contribution >= 4 is 34.1 Å². The fourth-order valence-corrected chi connectivity index (χ4v) is 2.91. The van der Waals surface area contributed by atoms with Crippen LogP contribution in [0.3, 0.4) is 0 Å². The molecular formula is C22H14F2N4O2. The maximum absolute atomic E-state index is 14.1. The molecule has 0 saturated heterocycles. The number of nitrogens with zero attached hydrogens (tertiary/aromatic N) is 2. The molecule has 6 nitrogen and oxygen atoms in total. The van der Waals surface area contributed by atoms with E-state index in [4.69, 9.17) is 0 Å². The van der Waals surface area contributed by atoms with Crippen molar-refractivity contribution in [1.29, 1.82) is 0 Å². The third-order valence-electron chi connectivity index (χ3n) is 4.29. The average molecular weight is 404 g/mol. The first kappa shape index (κ1) is 19.1. The standard InChI is InChI=1S/C22H14F2N4O2/c23-16-2-4-18(5-3-16)27-22(30)28-19-9-14(8-17(24)10-19)21(29)13-1-6-20-15(7-13)11-25-12-26-20/h1-12H,(H2,27,28,30). The van der Waals surface area contributed by atoms with Crippen molar-refractivity contribution < 1.29 is 18.4 Å². The van der Waals surface area contributed by atoms with Crippen LogP contribution in [0.2, 0.25) is 0 Å². The second-order valence-electron chi connectivity index (χ2n) is 6.44. The summed E-state index contributed by atoms with van der Waals surface area (Å²) in [7, 11) is 0. The number of carbonyl (C=O) groups excluding carboxylic acids is 2. The molecule has 0 aliphatic carbocycles. The Morgan fingerprint density at radius 2 is 1.53 bits per heavy atom. The molecule has 8 heteroatoms. The van der Waals surface area contributed by atoms with Gasteiger partial charge in [0.2, 0.25) is 0 Å². The number of halogens is 2. The Morgan fingerprint density at radius 3 is 2.33 bits per heavy atom. The molecule has 0 aliphatic rings. The average Bonchev–Trinajstić information content (AvgIpc) is 2.74. The van der Waals surface area contributed by atoms with Crippen molar-refractivity contribution in [3.63, 3.8) is 0 Å². The minimum atomic E-state index is -0.679. The molecule has 4 rings (SSSR count). The number of nitrogens with one attached hydrogen (secondary N) is 2. The van der Waals surface area contributed by atoms with Gasteiger partial charge in [0, 0.05) is 34.1 Å². The quantitative estimate of drug-likeness (QED) is 0.480. The lowest BCUT2D eigenvalue weighted by Crippen LogP contribution is -2.19. The molecule has 1 heterocycles. The van der Waals surface area contributed by atoms with E-state index in [9.17, 15) is 18.4 Å². The molecule has 0 saturated carbocycles. The minimum Gasteiger partial charge on any atom is -0.308 e. The zero-order valence-electron chi connectivity index (χ0n) is 15.4. The molecule has 0 aliphatic heterocycles. The highest BCUT2D eigenvalue weighted by atomic mass is 19.1. The lowest BCUT2D eigenvalue weighted by molar-refractivity contribution is 0.103. The number of amides is 2. The summed E-state index contributed by atoms with van der Waals surface area (Å²) >= 11 is 0. The van der Waals surface area contributed by atoms with Crippen molar-refractivity contribution in [3.05, 3.63) is 95.9 Å². The molecule has 3 aromatic carbocycles. The van der Waals surface area contributed by atoms with Crippen LogP contribution in [-0.4, -0.2) is 21.8 Å². The van der Waals surface area contributed by atoms with E-state index >= 15 is 0 Å². The van der Waals surface area contributed by atoms with Gasteiger partial charge in [-0.2, -0.15) is 0 Å². The Hall–Kier alpha value is -4.20. The molecule has 4 aromatic rings.